The molecule has 0 saturated carbocycles. The average molecular weight is 558 g/mol. The zero-order valence-corrected chi connectivity index (χ0v) is 22.6. The summed E-state index contributed by atoms with van der Waals surface area (Å²) in [5.74, 6) is 0. The third-order valence-electron chi connectivity index (χ3n) is 8.03. The molecule has 0 N–H and O–H groups in total. The second kappa shape index (κ2) is 9.44. The largest absolute Gasteiger partial charge is 0.456 e. The van der Waals surface area contributed by atoms with Crippen LogP contribution < -0.4 is 0 Å². The molecule has 0 bridgehead atoms. The molecular weight excluding hydrogens is 520 g/mol. The first-order valence-electron chi connectivity index (χ1n) is 19.4. The molecule has 200 valence electrons. The Bertz CT molecular complexity index is 3040. The lowest BCUT2D eigenvalue weighted by molar-refractivity contribution is 0.669. The maximum absolute atomic E-state index is 9.82. The Morgan fingerprint density at radius 3 is 1.72 bits per heavy atom. The van der Waals surface area contributed by atoms with Crippen molar-refractivity contribution >= 4 is 54.3 Å². The van der Waals surface area contributed by atoms with E-state index in [9.17, 15) is 2.74 Å². The monoisotopic (exact) mass is 557 g/mol. The van der Waals surface area contributed by atoms with E-state index in [4.69, 9.17) is 16.8 Å². The fraction of sp³-hybridized carbons (Fsp3) is 0. The molecule has 0 radical (unpaired) electrons. The number of benzene rings is 8. The van der Waals surface area contributed by atoms with E-state index in [0.29, 0.717) is 16.3 Å². The zero-order chi connectivity index (χ0) is 37.9. The van der Waals surface area contributed by atoms with Crippen molar-refractivity contribution in [3.05, 3.63) is 157 Å². The third kappa shape index (κ3) is 3.72. The summed E-state index contributed by atoms with van der Waals surface area (Å²) in [5.41, 5.74) is 3.10. The summed E-state index contributed by atoms with van der Waals surface area (Å²) in [4.78, 5) is 0. The van der Waals surface area contributed by atoms with Gasteiger partial charge in [0.2, 0.25) is 0 Å². The summed E-state index contributed by atoms with van der Waals surface area (Å²) in [5, 5.41) is 4.31. The molecule has 9 rings (SSSR count). The second-order valence-electron chi connectivity index (χ2n) is 10.4. The highest BCUT2D eigenvalue weighted by atomic mass is 16.3. The molecule has 1 heteroatoms. The van der Waals surface area contributed by atoms with Crippen molar-refractivity contribution in [2.45, 2.75) is 0 Å². The van der Waals surface area contributed by atoms with Crippen molar-refractivity contribution in [2.24, 2.45) is 0 Å². The van der Waals surface area contributed by atoms with Crippen LogP contribution >= 0.6 is 0 Å². The summed E-state index contributed by atoms with van der Waals surface area (Å²) in [6.45, 7) is 0. The summed E-state index contributed by atoms with van der Waals surface area (Å²) >= 11 is 0. The van der Waals surface area contributed by atoms with Gasteiger partial charge in [-0.2, -0.15) is 0 Å². The number of fused-ring (bicyclic) bond motifs is 6. The number of hydrogen-bond donors (Lipinski definition) is 0. The maximum Gasteiger partial charge on any atom is 0.135 e. The Morgan fingerprint density at radius 2 is 1.00 bits per heavy atom. The van der Waals surface area contributed by atoms with E-state index in [1.54, 1.807) is 0 Å². The van der Waals surface area contributed by atoms with Crippen LogP contribution in [0.4, 0.5) is 0 Å². The number of furan rings is 1. The number of rotatable bonds is 3. The van der Waals surface area contributed by atoms with Gasteiger partial charge in [-0.3, -0.25) is 0 Å². The first-order chi connectivity index (χ1) is 25.9. The van der Waals surface area contributed by atoms with Crippen molar-refractivity contribution in [1.82, 2.24) is 0 Å². The van der Waals surface area contributed by atoms with Crippen LogP contribution in [-0.4, -0.2) is 0 Å². The van der Waals surface area contributed by atoms with Gasteiger partial charge in [-0.05, 0) is 96.0 Å². The van der Waals surface area contributed by atoms with E-state index >= 15 is 0 Å². The zero-order valence-electron chi connectivity index (χ0n) is 33.6. The Kier molecular flexibility index (Phi) is 3.41. The highest BCUT2D eigenvalue weighted by Gasteiger charge is 2.19. The lowest BCUT2D eigenvalue weighted by Gasteiger charge is -2.19. The Hall–Kier alpha value is -5.66. The molecule has 0 atom stereocenters. The molecule has 0 unspecified atom stereocenters. The molecule has 1 nitrogen and oxygen atoms in total. The van der Waals surface area contributed by atoms with Crippen LogP contribution in [-0.2, 0) is 0 Å². The highest BCUT2D eigenvalue weighted by Crippen LogP contribution is 2.46. The quantitative estimate of drug-likeness (QED) is 0.197. The molecule has 0 aliphatic heterocycles. The second-order valence-corrected chi connectivity index (χ2v) is 10.4. The predicted octanol–water partition coefficient (Wildman–Crippen LogP) is 12.0. The molecule has 0 aliphatic rings. The minimum atomic E-state index is -0.654. The minimum Gasteiger partial charge on any atom is -0.456 e. The van der Waals surface area contributed by atoms with Gasteiger partial charge in [-0.25, -0.2) is 0 Å². The van der Waals surface area contributed by atoms with Gasteiger partial charge in [0.1, 0.15) is 11.2 Å². The van der Waals surface area contributed by atoms with Gasteiger partial charge in [0.15, 0.2) is 0 Å². The lowest BCUT2D eigenvalue weighted by atomic mass is 9.84. The van der Waals surface area contributed by atoms with Gasteiger partial charge >= 0.3 is 0 Å². The summed E-state index contributed by atoms with van der Waals surface area (Å²) in [6, 6.07) is 22.7. The summed E-state index contributed by atoms with van der Waals surface area (Å²) in [6.07, 6.45) is 0. The van der Waals surface area contributed by atoms with Crippen molar-refractivity contribution in [2.75, 3.05) is 0 Å². The predicted molar refractivity (Wildman–Crippen MR) is 183 cm³/mol. The molecule has 1 heterocycles. The fourth-order valence-electron chi connectivity index (χ4n) is 6.22. The van der Waals surface area contributed by atoms with Gasteiger partial charge < -0.3 is 4.42 Å². The van der Waals surface area contributed by atoms with Crippen LogP contribution in [0, 0.1) is 0 Å². The van der Waals surface area contributed by atoms with Crippen LogP contribution in [0.15, 0.2) is 162 Å². The van der Waals surface area contributed by atoms with Gasteiger partial charge in [0.25, 0.3) is 0 Å². The Labute approximate surface area is 264 Å². The molecule has 9 aromatic rings. The van der Waals surface area contributed by atoms with Crippen LogP contribution in [0.25, 0.3) is 87.6 Å². The van der Waals surface area contributed by atoms with E-state index in [2.05, 4.69) is 6.07 Å². The Morgan fingerprint density at radius 1 is 0.419 bits per heavy atom. The van der Waals surface area contributed by atoms with Crippen molar-refractivity contribution < 1.29 is 19.5 Å². The van der Waals surface area contributed by atoms with E-state index in [0.717, 1.165) is 43.8 Å². The highest BCUT2D eigenvalue weighted by molar-refractivity contribution is 6.23. The first-order valence-corrected chi connectivity index (χ1v) is 13.9. The van der Waals surface area contributed by atoms with Crippen molar-refractivity contribution in [1.29, 1.82) is 0 Å². The summed E-state index contributed by atoms with van der Waals surface area (Å²) in [7, 11) is 0. The van der Waals surface area contributed by atoms with Crippen molar-refractivity contribution in [3.63, 3.8) is 0 Å². The van der Waals surface area contributed by atoms with Gasteiger partial charge in [0, 0.05) is 10.8 Å². The van der Waals surface area contributed by atoms with Crippen molar-refractivity contribution in [3.8, 4) is 33.4 Å². The third-order valence-corrected chi connectivity index (χ3v) is 8.03. The minimum absolute atomic E-state index is 0.00423. The SMILES string of the molecule is [2H]c1c([2H])c([2H])c(-c2c([2H])c(-c3c4ccccc4c(-c4ccc5oc6ccccc6c5c4)c4ccccc34)c([2H])c3c([2H])c([2H])c([2H])c([2H])c23)c([2H])c1[2H]. The van der Waals surface area contributed by atoms with Gasteiger partial charge in [-0.1, -0.05) is 127 Å². The number of para-hydroxylation sites is 1. The van der Waals surface area contributed by atoms with E-state index < -0.39 is 60.4 Å². The average Bonchev–Trinajstić information content (AvgIpc) is 3.56. The van der Waals surface area contributed by atoms with Gasteiger partial charge in [0.05, 0.1) is 15.1 Å². The topological polar surface area (TPSA) is 13.1 Å². The standard InChI is InChI=1S/C42H26O/c1-2-12-27(13-3-1)37-26-30(24-28-14-4-5-15-31(28)37)42-35-19-8-6-17-33(35)41(34-18-7-9-20-36(34)42)29-22-23-40-38(25-29)32-16-10-11-21-39(32)43-40/h1-26H/i1D,2D,3D,4D,5D,12D,13D,14D,15D,24D,26D. The molecule has 0 spiro atoms. The maximum atomic E-state index is 9.82. The molecule has 0 aliphatic carbocycles. The first kappa shape index (κ1) is 15.5. The van der Waals surface area contributed by atoms with E-state index in [-0.39, 0.29) is 33.5 Å². The lowest BCUT2D eigenvalue weighted by Crippen LogP contribution is -1.92. The van der Waals surface area contributed by atoms with Crippen LogP contribution in [0.2, 0.25) is 0 Å². The fourth-order valence-corrected chi connectivity index (χ4v) is 6.22. The molecule has 1 aromatic heterocycles. The summed E-state index contributed by atoms with van der Waals surface area (Å²) < 4.78 is 103. The molecule has 0 amide bonds. The smallest absolute Gasteiger partial charge is 0.135 e. The molecule has 43 heavy (non-hydrogen) atoms. The molecular formula is C42H26O. The molecule has 0 fully saturated rings. The Balaban J connectivity index is 1.48. The normalized spacial score (nSPS) is 15.3. The van der Waals surface area contributed by atoms with Crippen LogP contribution in [0.5, 0.6) is 0 Å². The van der Waals surface area contributed by atoms with Gasteiger partial charge in [-0.15, -0.1) is 0 Å². The van der Waals surface area contributed by atoms with E-state index in [1.807, 2.05) is 84.9 Å². The number of hydrogen-bond acceptors (Lipinski definition) is 1. The van der Waals surface area contributed by atoms with Crippen LogP contribution in [0.3, 0.4) is 0 Å². The van der Waals surface area contributed by atoms with Crippen LogP contribution in [0.1, 0.15) is 15.1 Å². The van der Waals surface area contributed by atoms with E-state index in [1.165, 1.54) is 0 Å². The molecule has 8 aromatic carbocycles. The molecule has 0 saturated heterocycles.